The Labute approximate surface area is 245 Å². The fourth-order valence-corrected chi connectivity index (χ4v) is 4.55. The Kier molecular flexibility index (Phi) is 11.5. The van der Waals surface area contributed by atoms with Crippen molar-refractivity contribution in [1.29, 1.82) is 0 Å². The van der Waals surface area contributed by atoms with Gasteiger partial charge in [-0.15, -0.1) is 0 Å². The summed E-state index contributed by atoms with van der Waals surface area (Å²) in [5.41, 5.74) is 2.30. The molecular formula is C32H36N2O6S. The number of thioether (sulfide) groups is 1. The van der Waals surface area contributed by atoms with E-state index in [4.69, 9.17) is 9.47 Å². The van der Waals surface area contributed by atoms with Gasteiger partial charge in [-0.1, -0.05) is 78.5 Å². The number of anilines is 1. The second-order valence-electron chi connectivity index (χ2n) is 10.5. The summed E-state index contributed by atoms with van der Waals surface area (Å²) in [4.78, 5) is 50.4. The molecule has 41 heavy (non-hydrogen) atoms. The van der Waals surface area contributed by atoms with Gasteiger partial charge in [0.1, 0.15) is 12.2 Å². The van der Waals surface area contributed by atoms with Crippen LogP contribution in [0.3, 0.4) is 0 Å². The molecule has 0 fully saturated rings. The highest BCUT2D eigenvalue weighted by molar-refractivity contribution is 8.13. The summed E-state index contributed by atoms with van der Waals surface area (Å²) in [6.07, 6.45) is -0.182. The van der Waals surface area contributed by atoms with Crippen molar-refractivity contribution in [2.45, 2.75) is 52.9 Å². The number of rotatable bonds is 11. The van der Waals surface area contributed by atoms with Crippen LogP contribution in [0.2, 0.25) is 0 Å². The number of hydrogen-bond acceptors (Lipinski definition) is 7. The van der Waals surface area contributed by atoms with Gasteiger partial charge in [0.2, 0.25) is 5.91 Å². The zero-order chi connectivity index (χ0) is 29.8. The molecule has 216 valence electrons. The Hall–Kier alpha value is -4.11. The van der Waals surface area contributed by atoms with Gasteiger partial charge in [-0.05, 0) is 56.0 Å². The van der Waals surface area contributed by atoms with E-state index in [1.165, 1.54) is 13.0 Å². The monoisotopic (exact) mass is 576 g/mol. The lowest BCUT2D eigenvalue weighted by atomic mass is 9.99. The Morgan fingerprint density at radius 1 is 0.878 bits per heavy atom. The molecule has 9 heteroatoms. The van der Waals surface area contributed by atoms with Crippen molar-refractivity contribution in [3.8, 4) is 0 Å². The number of amides is 2. The molecule has 0 aliphatic rings. The van der Waals surface area contributed by atoms with Crippen LogP contribution >= 0.6 is 11.8 Å². The molecule has 0 heterocycles. The van der Waals surface area contributed by atoms with Crippen LogP contribution in [0.15, 0.2) is 78.9 Å². The van der Waals surface area contributed by atoms with E-state index in [1.807, 2.05) is 60.7 Å². The van der Waals surface area contributed by atoms with Crippen LogP contribution in [0, 0.1) is 5.92 Å². The van der Waals surface area contributed by atoms with Crippen molar-refractivity contribution in [3.63, 3.8) is 0 Å². The summed E-state index contributed by atoms with van der Waals surface area (Å²) in [7, 11) is 0. The molecule has 2 N–H and O–H groups in total. The van der Waals surface area contributed by atoms with Crippen LogP contribution in [0.25, 0.3) is 0 Å². The number of ether oxygens (including phenoxy) is 2. The third-order valence-corrected chi connectivity index (χ3v) is 6.80. The van der Waals surface area contributed by atoms with E-state index in [2.05, 4.69) is 10.6 Å². The van der Waals surface area contributed by atoms with Crippen molar-refractivity contribution < 1.29 is 28.7 Å². The lowest BCUT2D eigenvalue weighted by molar-refractivity contribution is -0.119. The van der Waals surface area contributed by atoms with Crippen molar-refractivity contribution >= 4 is 40.5 Å². The van der Waals surface area contributed by atoms with Gasteiger partial charge < -0.3 is 20.1 Å². The molecular weight excluding hydrogens is 540 g/mol. The SMILES string of the molecule is CC(=O)SCC(Cc1ccccc1)C(=O)Nc1cc(C(=O)OCc2ccccc2)ccc1CNC(=O)OC(C)(C)C. The Balaban J connectivity index is 1.83. The number of hydrogen-bond donors (Lipinski definition) is 2. The van der Waals surface area contributed by atoms with Gasteiger partial charge in [0.25, 0.3) is 0 Å². The summed E-state index contributed by atoms with van der Waals surface area (Å²) < 4.78 is 10.8. The number of alkyl carbamates (subject to hydrolysis) is 1. The van der Waals surface area contributed by atoms with Crippen LogP contribution in [-0.4, -0.2) is 34.4 Å². The average Bonchev–Trinajstić information content (AvgIpc) is 2.93. The minimum Gasteiger partial charge on any atom is -0.457 e. The molecule has 1 atom stereocenters. The van der Waals surface area contributed by atoms with Gasteiger partial charge in [0, 0.05) is 24.9 Å². The number of carbonyl (C=O) groups excluding carboxylic acids is 4. The second-order valence-corrected chi connectivity index (χ2v) is 11.7. The molecule has 0 aliphatic heterocycles. The molecule has 3 rings (SSSR count). The van der Waals surface area contributed by atoms with Crippen molar-refractivity contribution in [2.75, 3.05) is 11.1 Å². The predicted octanol–water partition coefficient (Wildman–Crippen LogP) is 6.15. The highest BCUT2D eigenvalue weighted by atomic mass is 32.2. The largest absolute Gasteiger partial charge is 0.457 e. The van der Waals surface area contributed by atoms with E-state index in [-0.39, 0.29) is 29.7 Å². The second kappa shape index (κ2) is 15.0. The molecule has 0 aliphatic carbocycles. The zero-order valence-corrected chi connectivity index (χ0v) is 24.6. The maximum atomic E-state index is 13.5. The normalized spacial score (nSPS) is 11.7. The first-order chi connectivity index (χ1) is 19.5. The third kappa shape index (κ3) is 11.1. The first-order valence-corrected chi connectivity index (χ1v) is 14.3. The molecule has 0 radical (unpaired) electrons. The molecule has 2 amide bonds. The maximum Gasteiger partial charge on any atom is 0.407 e. The Bertz CT molecular complexity index is 1340. The van der Waals surface area contributed by atoms with E-state index in [0.29, 0.717) is 23.4 Å². The molecule has 8 nitrogen and oxygen atoms in total. The van der Waals surface area contributed by atoms with Gasteiger partial charge in [-0.2, -0.15) is 0 Å². The number of carbonyl (C=O) groups is 4. The standard InChI is InChI=1S/C32H36N2O6S/c1-22(35)41-21-27(17-23-11-7-5-8-12-23)29(36)34-28-18-25(30(37)39-20-24-13-9-6-10-14-24)15-16-26(28)19-33-31(38)40-32(2,3)4/h5-16,18,27H,17,19-21H2,1-4H3,(H,33,38)(H,34,36). The lowest BCUT2D eigenvalue weighted by Crippen LogP contribution is -2.32. The molecule has 0 bridgehead atoms. The molecule has 1 unspecified atom stereocenters. The highest BCUT2D eigenvalue weighted by Crippen LogP contribution is 2.23. The first-order valence-electron chi connectivity index (χ1n) is 13.3. The highest BCUT2D eigenvalue weighted by Gasteiger charge is 2.23. The van der Waals surface area contributed by atoms with Crippen LogP contribution < -0.4 is 10.6 Å². The van der Waals surface area contributed by atoms with E-state index in [9.17, 15) is 19.2 Å². The van der Waals surface area contributed by atoms with Gasteiger partial charge in [0.05, 0.1) is 11.5 Å². The molecule has 0 spiro atoms. The fraction of sp³-hybridized carbons (Fsp3) is 0.312. The van der Waals surface area contributed by atoms with E-state index < -0.39 is 23.6 Å². The van der Waals surface area contributed by atoms with Crippen molar-refractivity contribution in [3.05, 3.63) is 101 Å². The topological polar surface area (TPSA) is 111 Å². The maximum absolute atomic E-state index is 13.5. The smallest absolute Gasteiger partial charge is 0.407 e. The summed E-state index contributed by atoms with van der Waals surface area (Å²) in [6.45, 7) is 6.91. The van der Waals surface area contributed by atoms with E-state index in [0.717, 1.165) is 22.9 Å². The van der Waals surface area contributed by atoms with Crippen molar-refractivity contribution in [2.24, 2.45) is 5.92 Å². The first kappa shape index (κ1) is 31.4. The molecule has 0 saturated heterocycles. The number of benzene rings is 3. The predicted molar refractivity (Wildman–Crippen MR) is 160 cm³/mol. The number of esters is 1. The average molecular weight is 577 g/mol. The Morgan fingerprint density at radius 3 is 2.12 bits per heavy atom. The van der Waals surface area contributed by atoms with Crippen LogP contribution in [-0.2, 0) is 38.6 Å². The Morgan fingerprint density at radius 2 is 1.51 bits per heavy atom. The quantitative estimate of drug-likeness (QED) is 0.264. The minimum atomic E-state index is -0.674. The lowest BCUT2D eigenvalue weighted by Gasteiger charge is -2.21. The summed E-state index contributed by atoms with van der Waals surface area (Å²) in [5, 5.41) is 5.55. The van der Waals surface area contributed by atoms with Gasteiger partial charge in [-0.3, -0.25) is 9.59 Å². The minimum absolute atomic E-state index is 0.0510. The van der Waals surface area contributed by atoms with Gasteiger partial charge in [0.15, 0.2) is 5.12 Å². The molecule has 0 saturated carbocycles. The van der Waals surface area contributed by atoms with Gasteiger partial charge >= 0.3 is 12.1 Å². The fourth-order valence-electron chi connectivity index (χ4n) is 3.84. The molecule has 0 aromatic heterocycles. The van der Waals surface area contributed by atoms with E-state index >= 15 is 0 Å². The number of nitrogens with one attached hydrogen (secondary N) is 2. The summed E-state index contributed by atoms with van der Waals surface area (Å²) in [6, 6.07) is 23.6. The molecule has 3 aromatic rings. The molecule has 3 aromatic carbocycles. The summed E-state index contributed by atoms with van der Waals surface area (Å²) in [5.74, 6) is -1.09. The van der Waals surface area contributed by atoms with Crippen LogP contribution in [0.1, 0.15) is 54.7 Å². The van der Waals surface area contributed by atoms with Gasteiger partial charge in [-0.25, -0.2) is 9.59 Å². The van der Waals surface area contributed by atoms with Crippen molar-refractivity contribution in [1.82, 2.24) is 5.32 Å². The summed E-state index contributed by atoms with van der Waals surface area (Å²) >= 11 is 1.09. The van der Waals surface area contributed by atoms with Crippen LogP contribution in [0.4, 0.5) is 10.5 Å². The van der Waals surface area contributed by atoms with E-state index in [1.54, 1.807) is 32.9 Å². The zero-order valence-electron chi connectivity index (χ0n) is 23.8. The van der Waals surface area contributed by atoms with Crippen LogP contribution in [0.5, 0.6) is 0 Å². The third-order valence-electron chi connectivity index (χ3n) is 5.82.